The molecule has 14 heavy (non-hydrogen) atoms. The first-order chi connectivity index (χ1) is 6.65. The van der Waals surface area contributed by atoms with E-state index in [1.165, 1.54) is 12.8 Å². The van der Waals surface area contributed by atoms with Gasteiger partial charge in [-0.25, -0.2) is 0 Å². The first-order valence-electron chi connectivity index (χ1n) is 5.58. The molecule has 1 fully saturated rings. The maximum absolute atomic E-state index is 9.34. The van der Waals surface area contributed by atoms with E-state index in [1.807, 2.05) is 6.92 Å². The summed E-state index contributed by atoms with van der Waals surface area (Å²) in [5.74, 6) is 0. The lowest BCUT2D eigenvalue weighted by Gasteiger charge is -2.29. The summed E-state index contributed by atoms with van der Waals surface area (Å²) in [5, 5.41) is 9.34. The second-order valence-electron chi connectivity index (χ2n) is 4.40. The standard InChI is InChI=1S/C11H23NO2/c1-9(8-10(2)13)12(6-7-14-3)11-4-5-11/h9-11,13H,4-8H2,1-3H3. The third kappa shape index (κ3) is 3.95. The molecule has 0 bridgehead atoms. The Balaban J connectivity index is 2.32. The molecule has 0 spiro atoms. The van der Waals surface area contributed by atoms with Gasteiger partial charge in [-0.05, 0) is 33.1 Å². The molecule has 1 aliphatic carbocycles. The highest BCUT2D eigenvalue weighted by Crippen LogP contribution is 2.29. The fourth-order valence-electron chi connectivity index (χ4n) is 1.99. The number of ether oxygens (including phenoxy) is 1. The van der Waals surface area contributed by atoms with Gasteiger partial charge in [0, 0.05) is 25.7 Å². The average molecular weight is 201 g/mol. The van der Waals surface area contributed by atoms with Crippen LogP contribution >= 0.6 is 0 Å². The number of aliphatic hydroxyl groups excluding tert-OH is 1. The van der Waals surface area contributed by atoms with E-state index in [2.05, 4.69) is 11.8 Å². The van der Waals surface area contributed by atoms with E-state index in [0.29, 0.717) is 6.04 Å². The van der Waals surface area contributed by atoms with Crippen LogP contribution in [-0.2, 0) is 4.74 Å². The van der Waals surface area contributed by atoms with Crippen molar-refractivity contribution in [3.05, 3.63) is 0 Å². The fraction of sp³-hybridized carbons (Fsp3) is 1.00. The minimum Gasteiger partial charge on any atom is -0.393 e. The van der Waals surface area contributed by atoms with Crippen molar-refractivity contribution in [2.24, 2.45) is 0 Å². The molecule has 0 radical (unpaired) electrons. The quantitative estimate of drug-likeness (QED) is 0.673. The number of hydrogen-bond donors (Lipinski definition) is 1. The predicted molar refractivity (Wildman–Crippen MR) is 57.4 cm³/mol. The molecule has 1 N–H and O–H groups in total. The molecule has 0 heterocycles. The van der Waals surface area contributed by atoms with E-state index in [4.69, 9.17) is 4.74 Å². The van der Waals surface area contributed by atoms with Gasteiger partial charge in [0.05, 0.1) is 12.7 Å². The smallest absolute Gasteiger partial charge is 0.0589 e. The molecule has 0 saturated heterocycles. The SMILES string of the molecule is COCCN(C(C)CC(C)O)C1CC1. The number of methoxy groups -OCH3 is 1. The van der Waals surface area contributed by atoms with Crippen LogP contribution in [0, 0.1) is 0 Å². The minimum atomic E-state index is -0.200. The second kappa shape index (κ2) is 5.69. The molecule has 0 aliphatic heterocycles. The van der Waals surface area contributed by atoms with E-state index in [9.17, 15) is 5.11 Å². The third-order valence-corrected chi connectivity index (χ3v) is 2.82. The zero-order valence-corrected chi connectivity index (χ0v) is 9.57. The molecule has 0 aromatic rings. The van der Waals surface area contributed by atoms with Gasteiger partial charge in [0.1, 0.15) is 0 Å². The summed E-state index contributed by atoms with van der Waals surface area (Å²) >= 11 is 0. The Labute approximate surface area is 87.1 Å². The van der Waals surface area contributed by atoms with Crippen molar-refractivity contribution in [1.29, 1.82) is 0 Å². The van der Waals surface area contributed by atoms with E-state index < -0.39 is 0 Å². The Bertz CT molecular complexity index is 157. The highest BCUT2D eigenvalue weighted by molar-refractivity contribution is 4.87. The van der Waals surface area contributed by atoms with Crippen molar-refractivity contribution in [2.75, 3.05) is 20.3 Å². The van der Waals surface area contributed by atoms with Crippen molar-refractivity contribution >= 4 is 0 Å². The summed E-state index contributed by atoms with van der Waals surface area (Å²) in [7, 11) is 1.74. The van der Waals surface area contributed by atoms with Gasteiger partial charge in [-0.1, -0.05) is 0 Å². The van der Waals surface area contributed by atoms with Crippen LogP contribution in [0.5, 0.6) is 0 Å². The molecule has 1 rings (SSSR count). The van der Waals surface area contributed by atoms with Gasteiger partial charge in [0.15, 0.2) is 0 Å². The normalized spacial score (nSPS) is 21.2. The summed E-state index contributed by atoms with van der Waals surface area (Å²) < 4.78 is 5.10. The maximum atomic E-state index is 9.34. The fourth-order valence-corrected chi connectivity index (χ4v) is 1.99. The molecule has 0 aromatic heterocycles. The molecule has 2 atom stereocenters. The zero-order chi connectivity index (χ0) is 10.6. The first kappa shape index (κ1) is 12.0. The highest BCUT2D eigenvalue weighted by atomic mass is 16.5. The maximum Gasteiger partial charge on any atom is 0.0589 e. The van der Waals surface area contributed by atoms with Crippen LogP contribution in [0.1, 0.15) is 33.1 Å². The molecular weight excluding hydrogens is 178 g/mol. The summed E-state index contributed by atoms with van der Waals surface area (Å²) in [6.07, 6.45) is 3.29. The minimum absolute atomic E-state index is 0.200. The summed E-state index contributed by atoms with van der Waals surface area (Å²) in [6, 6.07) is 1.22. The van der Waals surface area contributed by atoms with E-state index >= 15 is 0 Å². The van der Waals surface area contributed by atoms with Gasteiger partial charge in [0.25, 0.3) is 0 Å². The van der Waals surface area contributed by atoms with E-state index in [0.717, 1.165) is 25.6 Å². The van der Waals surface area contributed by atoms with Gasteiger partial charge in [-0.2, -0.15) is 0 Å². The second-order valence-corrected chi connectivity index (χ2v) is 4.40. The average Bonchev–Trinajstić information content (AvgIpc) is 2.87. The van der Waals surface area contributed by atoms with Crippen LogP contribution in [0.2, 0.25) is 0 Å². The topological polar surface area (TPSA) is 32.7 Å². The molecule has 3 heteroatoms. The van der Waals surface area contributed by atoms with Gasteiger partial charge in [0.2, 0.25) is 0 Å². The van der Waals surface area contributed by atoms with Crippen LogP contribution in [0.15, 0.2) is 0 Å². The van der Waals surface area contributed by atoms with E-state index in [1.54, 1.807) is 7.11 Å². The van der Waals surface area contributed by atoms with Crippen LogP contribution in [-0.4, -0.2) is 48.5 Å². The summed E-state index contributed by atoms with van der Waals surface area (Å²) in [5.41, 5.74) is 0. The monoisotopic (exact) mass is 201 g/mol. The largest absolute Gasteiger partial charge is 0.393 e. The number of hydrogen-bond acceptors (Lipinski definition) is 3. The van der Waals surface area contributed by atoms with Crippen molar-refractivity contribution in [3.63, 3.8) is 0 Å². The number of rotatable bonds is 7. The van der Waals surface area contributed by atoms with Gasteiger partial charge < -0.3 is 9.84 Å². The van der Waals surface area contributed by atoms with Gasteiger partial charge >= 0.3 is 0 Å². The third-order valence-electron chi connectivity index (χ3n) is 2.82. The highest BCUT2D eigenvalue weighted by Gasteiger charge is 2.31. The van der Waals surface area contributed by atoms with Crippen LogP contribution in [0.3, 0.4) is 0 Å². The Hall–Kier alpha value is -0.120. The summed E-state index contributed by atoms with van der Waals surface area (Å²) in [4.78, 5) is 2.47. The van der Waals surface area contributed by atoms with Crippen molar-refractivity contribution < 1.29 is 9.84 Å². The lowest BCUT2D eigenvalue weighted by molar-refractivity contribution is 0.0865. The van der Waals surface area contributed by atoms with Gasteiger partial charge in [-0.3, -0.25) is 4.90 Å². The molecule has 1 saturated carbocycles. The first-order valence-corrected chi connectivity index (χ1v) is 5.58. The van der Waals surface area contributed by atoms with Crippen LogP contribution < -0.4 is 0 Å². The Kier molecular flexibility index (Phi) is 4.85. The van der Waals surface area contributed by atoms with Crippen molar-refractivity contribution in [3.8, 4) is 0 Å². The van der Waals surface area contributed by atoms with Crippen LogP contribution in [0.25, 0.3) is 0 Å². The lowest BCUT2D eigenvalue weighted by Crippen LogP contribution is -2.39. The zero-order valence-electron chi connectivity index (χ0n) is 9.57. The molecule has 84 valence electrons. The van der Waals surface area contributed by atoms with Crippen molar-refractivity contribution in [2.45, 2.75) is 51.3 Å². The number of aliphatic hydroxyl groups is 1. The Morgan fingerprint density at radius 2 is 2.07 bits per heavy atom. The molecular formula is C11H23NO2. The molecule has 0 amide bonds. The molecule has 0 aromatic carbocycles. The van der Waals surface area contributed by atoms with Gasteiger partial charge in [-0.15, -0.1) is 0 Å². The number of nitrogens with zero attached hydrogens (tertiary/aromatic N) is 1. The van der Waals surface area contributed by atoms with Crippen LogP contribution in [0.4, 0.5) is 0 Å². The Morgan fingerprint density at radius 1 is 1.43 bits per heavy atom. The molecule has 2 unspecified atom stereocenters. The molecule has 1 aliphatic rings. The van der Waals surface area contributed by atoms with E-state index in [-0.39, 0.29) is 6.10 Å². The lowest BCUT2D eigenvalue weighted by atomic mass is 10.1. The Morgan fingerprint density at radius 3 is 2.50 bits per heavy atom. The molecule has 3 nitrogen and oxygen atoms in total. The predicted octanol–water partition coefficient (Wildman–Crippen LogP) is 1.26. The summed E-state index contributed by atoms with van der Waals surface area (Å²) in [6.45, 7) is 5.84. The van der Waals surface area contributed by atoms with Crippen molar-refractivity contribution in [1.82, 2.24) is 4.90 Å².